The number of nitrogens with zero attached hydrogens (tertiary/aromatic N) is 2. The monoisotopic (exact) mass is 249 g/mol. The Balaban J connectivity index is 1.97. The van der Waals surface area contributed by atoms with Crippen LogP contribution in [0.1, 0.15) is 57.6 Å². The average molecular weight is 249 g/mol. The SMILES string of the molecule is CC(C)n1ccc(C(=O)N[C@H]2C[C@@]2(C)C(C)C)n1. The number of aromatic nitrogens is 2. The molecule has 0 radical (unpaired) electrons. The van der Waals surface area contributed by atoms with Crippen LogP contribution in [0.4, 0.5) is 0 Å². The molecule has 4 nitrogen and oxygen atoms in total. The van der Waals surface area contributed by atoms with Gasteiger partial charge in [0.2, 0.25) is 0 Å². The topological polar surface area (TPSA) is 46.9 Å². The Bertz CT molecular complexity index is 450. The van der Waals surface area contributed by atoms with Crippen LogP contribution in [0, 0.1) is 11.3 Å². The first-order chi connectivity index (χ1) is 8.34. The molecular weight excluding hydrogens is 226 g/mol. The lowest BCUT2D eigenvalue weighted by Gasteiger charge is -2.15. The second-order valence-electron chi connectivity index (χ2n) is 6.17. The van der Waals surface area contributed by atoms with Crippen LogP contribution in [-0.4, -0.2) is 21.7 Å². The highest BCUT2D eigenvalue weighted by Gasteiger charge is 2.52. The minimum Gasteiger partial charge on any atom is -0.347 e. The Hall–Kier alpha value is -1.32. The number of rotatable bonds is 4. The predicted molar refractivity (Wildman–Crippen MR) is 71.4 cm³/mol. The number of hydrogen-bond acceptors (Lipinski definition) is 2. The van der Waals surface area contributed by atoms with Crippen LogP contribution in [0.3, 0.4) is 0 Å². The zero-order chi connectivity index (χ0) is 13.5. The minimum absolute atomic E-state index is 0.0521. The molecule has 0 unspecified atom stereocenters. The van der Waals surface area contributed by atoms with Gasteiger partial charge in [0.05, 0.1) is 0 Å². The summed E-state index contributed by atoms with van der Waals surface area (Å²) < 4.78 is 1.81. The van der Waals surface area contributed by atoms with Crippen molar-refractivity contribution in [1.82, 2.24) is 15.1 Å². The molecule has 4 heteroatoms. The minimum atomic E-state index is -0.0521. The first-order valence-corrected chi connectivity index (χ1v) is 6.70. The van der Waals surface area contributed by atoms with Crippen molar-refractivity contribution in [2.45, 2.75) is 53.1 Å². The van der Waals surface area contributed by atoms with Crippen molar-refractivity contribution < 1.29 is 4.79 Å². The molecule has 1 aliphatic rings. The second-order valence-corrected chi connectivity index (χ2v) is 6.17. The van der Waals surface area contributed by atoms with E-state index in [-0.39, 0.29) is 17.4 Å². The van der Waals surface area contributed by atoms with Gasteiger partial charge in [-0.15, -0.1) is 0 Å². The fraction of sp³-hybridized carbons (Fsp3) is 0.714. The second kappa shape index (κ2) is 4.41. The Morgan fingerprint density at radius 1 is 1.50 bits per heavy atom. The van der Waals surface area contributed by atoms with Gasteiger partial charge < -0.3 is 5.32 Å². The molecular formula is C14H23N3O. The van der Waals surface area contributed by atoms with Crippen molar-refractivity contribution >= 4 is 5.91 Å². The van der Waals surface area contributed by atoms with Crippen molar-refractivity contribution in [1.29, 1.82) is 0 Å². The van der Waals surface area contributed by atoms with E-state index in [2.05, 4.69) is 31.2 Å². The molecule has 2 atom stereocenters. The molecule has 1 aromatic heterocycles. The van der Waals surface area contributed by atoms with Gasteiger partial charge in [0.1, 0.15) is 5.69 Å². The van der Waals surface area contributed by atoms with Gasteiger partial charge in [-0.3, -0.25) is 9.48 Å². The molecule has 1 N–H and O–H groups in total. The molecule has 100 valence electrons. The molecule has 1 heterocycles. The molecule has 0 aliphatic heterocycles. The van der Waals surface area contributed by atoms with Crippen LogP contribution in [0.5, 0.6) is 0 Å². The summed E-state index contributed by atoms with van der Waals surface area (Å²) in [6, 6.07) is 2.37. The molecule has 0 saturated heterocycles. The van der Waals surface area contributed by atoms with Gasteiger partial charge in [-0.25, -0.2) is 0 Å². The molecule has 2 rings (SSSR count). The Labute approximate surface area is 109 Å². The van der Waals surface area contributed by atoms with E-state index in [4.69, 9.17) is 0 Å². The van der Waals surface area contributed by atoms with Gasteiger partial charge in [-0.05, 0) is 37.7 Å². The molecule has 18 heavy (non-hydrogen) atoms. The van der Waals surface area contributed by atoms with E-state index in [0.29, 0.717) is 17.7 Å². The fourth-order valence-corrected chi connectivity index (χ4v) is 2.21. The van der Waals surface area contributed by atoms with E-state index in [1.54, 1.807) is 6.07 Å². The van der Waals surface area contributed by atoms with E-state index < -0.39 is 0 Å². The highest BCUT2D eigenvalue weighted by atomic mass is 16.2. The van der Waals surface area contributed by atoms with Gasteiger partial charge in [-0.1, -0.05) is 20.8 Å². The molecule has 0 aromatic carbocycles. The van der Waals surface area contributed by atoms with Crippen LogP contribution in [-0.2, 0) is 0 Å². The molecule has 0 bridgehead atoms. The molecule has 0 spiro atoms. The third kappa shape index (κ3) is 2.28. The van der Waals surface area contributed by atoms with Gasteiger partial charge in [0, 0.05) is 18.3 Å². The lowest BCUT2D eigenvalue weighted by atomic mass is 9.94. The Morgan fingerprint density at radius 2 is 2.17 bits per heavy atom. The maximum Gasteiger partial charge on any atom is 0.272 e. The summed E-state index contributed by atoms with van der Waals surface area (Å²) in [7, 11) is 0. The van der Waals surface area contributed by atoms with Gasteiger partial charge in [-0.2, -0.15) is 5.10 Å². The van der Waals surface area contributed by atoms with Gasteiger partial charge in [0.15, 0.2) is 0 Å². The lowest BCUT2D eigenvalue weighted by Crippen LogP contribution is -2.30. The first kappa shape index (κ1) is 13.1. The number of amides is 1. The number of carbonyl (C=O) groups excluding carboxylic acids is 1. The fourth-order valence-electron chi connectivity index (χ4n) is 2.21. The van der Waals surface area contributed by atoms with Crippen LogP contribution >= 0.6 is 0 Å². The summed E-state index contributed by atoms with van der Waals surface area (Å²) >= 11 is 0. The van der Waals surface area contributed by atoms with Gasteiger partial charge in [0.25, 0.3) is 5.91 Å². The highest BCUT2D eigenvalue weighted by Crippen LogP contribution is 2.51. The Kier molecular flexibility index (Phi) is 3.21. The molecule has 1 fully saturated rings. The summed E-state index contributed by atoms with van der Waals surface area (Å²) in [6.07, 6.45) is 2.93. The highest BCUT2D eigenvalue weighted by molar-refractivity contribution is 5.92. The Morgan fingerprint density at radius 3 is 2.61 bits per heavy atom. The summed E-state index contributed by atoms with van der Waals surface area (Å²) in [5.74, 6) is 0.541. The van der Waals surface area contributed by atoms with Crippen molar-refractivity contribution in [3.05, 3.63) is 18.0 Å². The van der Waals surface area contributed by atoms with Crippen LogP contribution < -0.4 is 5.32 Å². The largest absolute Gasteiger partial charge is 0.347 e. The maximum absolute atomic E-state index is 12.1. The average Bonchev–Trinajstić information content (AvgIpc) is 2.79. The standard InChI is InChI=1S/C14H23N3O/c1-9(2)14(5)8-12(14)15-13(18)11-6-7-17(16-11)10(3)4/h6-7,9-10,12H,8H2,1-5H3,(H,15,18)/t12-,14-/m0/s1. The zero-order valence-corrected chi connectivity index (χ0v) is 11.9. The summed E-state index contributed by atoms with van der Waals surface area (Å²) in [5.41, 5.74) is 0.776. The van der Waals surface area contributed by atoms with Crippen molar-refractivity contribution in [2.75, 3.05) is 0 Å². The molecule has 1 aromatic rings. The van der Waals surface area contributed by atoms with E-state index in [9.17, 15) is 4.79 Å². The third-order valence-corrected chi connectivity index (χ3v) is 4.27. The summed E-state index contributed by atoms with van der Waals surface area (Å²) in [4.78, 5) is 12.1. The molecule has 1 amide bonds. The van der Waals surface area contributed by atoms with E-state index >= 15 is 0 Å². The van der Waals surface area contributed by atoms with E-state index in [0.717, 1.165) is 6.42 Å². The van der Waals surface area contributed by atoms with Crippen LogP contribution in [0.15, 0.2) is 12.3 Å². The molecule has 1 saturated carbocycles. The van der Waals surface area contributed by atoms with E-state index in [1.807, 2.05) is 24.7 Å². The van der Waals surface area contributed by atoms with E-state index in [1.165, 1.54) is 0 Å². The quantitative estimate of drug-likeness (QED) is 0.891. The normalized spacial score (nSPS) is 26.7. The number of hydrogen-bond donors (Lipinski definition) is 1. The summed E-state index contributed by atoms with van der Waals surface area (Å²) in [6.45, 7) is 10.7. The number of carbonyl (C=O) groups is 1. The molecule has 1 aliphatic carbocycles. The van der Waals surface area contributed by atoms with Crippen molar-refractivity contribution in [2.24, 2.45) is 11.3 Å². The lowest BCUT2D eigenvalue weighted by molar-refractivity contribution is 0.0937. The predicted octanol–water partition coefficient (Wildman–Crippen LogP) is 2.63. The third-order valence-electron chi connectivity index (χ3n) is 4.27. The summed E-state index contributed by atoms with van der Waals surface area (Å²) in [5, 5.41) is 7.37. The van der Waals surface area contributed by atoms with Crippen molar-refractivity contribution in [3.63, 3.8) is 0 Å². The first-order valence-electron chi connectivity index (χ1n) is 6.70. The smallest absolute Gasteiger partial charge is 0.272 e. The van der Waals surface area contributed by atoms with Crippen molar-refractivity contribution in [3.8, 4) is 0 Å². The zero-order valence-electron chi connectivity index (χ0n) is 11.9. The maximum atomic E-state index is 12.1. The van der Waals surface area contributed by atoms with Gasteiger partial charge >= 0.3 is 0 Å². The van der Waals surface area contributed by atoms with Crippen LogP contribution in [0.2, 0.25) is 0 Å². The number of nitrogens with one attached hydrogen (secondary N) is 1. The van der Waals surface area contributed by atoms with Crippen LogP contribution in [0.25, 0.3) is 0 Å².